The van der Waals surface area contributed by atoms with Crippen LogP contribution in [0.1, 0.15) is 36.5 Å². The van der Waals surface area contributed by atoms with Crippen LogP contribution >= 0.6 is 12.4 Å². The van der Waals surface area contributed by atoms with Crippen LogP contribution in [0.25, 0.3) is 0 Å². The van der Waals surface area contributed by atoms with Crippen LogP contribution in [-0.4, -0.2) is 29.9 Å². The van der Waals surface area contributed by atoms with Crippen LogP contribution in [0.4, 0.5) is 11.6 Å². The number of nitrogens with zero attached hydrogens (tertiary/aromatic N) is 1. The first kappa shape index (κ1) is 15.7. The summed E-state index contributed by atoms with van der Waals surface area (Å²) in [6.07, 6.45) is 2.75. The number of Topliss-reactive ketones (excluding diaryl/α,β-unsaturated/α-hetero) is 1. The van der Waals surface area contributed by atoms with Gasteiger partial charge in [-0.05, 0) is 31.5 Å². The molecule has 1 atom stereocenters. The van der Waals surface area contributed by atoms with Gasteiger partial charge >= 0.3 is 0 Å². The van der Waals surface area contributed by atoms with Crippen molar-refractivity contribution in [1.82, 2.24) is 10.3 Å². The standard InChI is InChI=1S/C13H20N4O.ClH/c1-2-11(18)10-5-6-12(17-13(10)14)16-9-4-3-7-15-8-9;/h5-6,9,15H,2-4,7-8H2,1H3,(H3,14,16,17);1H. The molecule has 1 fully saturated rings. The van der Waals surface area contributed by atoms with E-state index in [-0.39, 0.29) is 18.2 Å². The minimum Gasteiger partial charge on any atom is -0.383 e. The summed E-state index contributed by atoms with van der Waals surface area (Å²) in [5, 5.41) is 6.67. The number of nitrogen functional groups attached to an aromatic ring is 1. The highest BCUT2D eigenvalue weighted by Gasteiger charge is 2.14. The van der Waals surface area contributed by atoms with Crippen LogP contribution in [0, 0.1) is 0 Å². The zero-order chi connectivity index (χ0) is 13.0. The lowest BCUT2D eigenvalue weighted by molar-refractivity contribution is 0.0989. The molecule has 0 saturated carbocycles. The molecule has 19 heavy (non-hydrogen) atoms. The number of ketones is 1. The molecule has 6 heteroatoms. The molecule has 2 heterocycles. The minimum atomic E-state index is 0. The second-order valence-electron chi connectivity index (χ2n) is 4.59. The molecule has 5 nitrogen and oxygen atoms in total. The number of piperidine rings is 1. The van der Waals surface area contributed by atoms with Gasteiger partial charge in [-0.3, -0.25) is 4.79 Å². The summed E-state index contributed by atoms with van der Waals surface area (Å²) in [6.45, 7) is 3.84. The second kappa shape index (κ2) is 7.31. The van der Waals surface area contributed by atoms with Gasteiger partial charge in [-0.2, -0.15) is 0 Å². The predicted octanol–water partition coefficient (Wildman–Crippen LogP) is 1.84. The fraction of sp³-hybridized carbons (Fsp3) is 0.538. The van der Waals surface area contributed by atoms with E-state index >= 15 is 0 Å². The van der Waals surface area contributed by atoms with Crippen molar-refractivity contribution in [2.75, 3.05) is 24.1 Å². The molecule has 106 valence electrons. The number of aromatic nitrogens is 1. The van der Waals surface area contributed by atoms with Crippen molar-refractivity contribution in [3.05, 3.63) is 17.7 Å². The largest absolute Gasteiger partial charge is 0.383 e. The Balaban J connectivity index is 0.00000180. The first-order valence-electron chi connectivity index (χ1n) is 6.47. The summed E-state index contributed by atoms with van der Waals surface area (Å²) in [7, 11) is 0. The van der Waals surface area contributed by atoms with Gasteiger partial charge in [-0.15, -0.1) is 12.4 Å². The lowest BCUT2D eigenvalue weighted by Crippen LogP contribution is -2.38. The van der Waals surface area contributed by atoms with Crippen molar-refractivity contribution in [3.8, 4) is 0 Å². The number of rotatable bonds is 4. The van der Waals surface area contributed by atoms with Gasteiger partial charge in [0.25, 0.3) is 0 Å². The molecule has 1 aromatic rings. The number of nitrogens with one attached hydrogen (secondary N) is 2. The predicted molar refractivity (Wildman–Crippen MR) is 80.0 cm³/mol. The van der Waals surface area contributed by atoms with Crippen LogP contribution in [0.3, 0.4) is 0 Å². The first-order valence-corrected chi connectivity index (χ1v) is 6.47. The number of nitrogens with two attached hydrogens (primary N) is 1. The third-order valence-electron chi connectivity index (χ3n) is 3.20. The van der Waals surface area contributed by atoms with E-state index in [9.17, 15) is 4.79 Å². The maximum absolute atomic E-state index is 11.6. The van der Waals surface area contributed by atoms with Gasteiger partial charge in [-0.1, -0.05) is 6.92 Å². The third-order valence-corrected chi connectivity index (χ3v) is 3.20. The SMILES string of the molecule is CCC(=O)c1ccc(NC2CCCNC2)nc1N.Cl. The molecule has 0 aromatic carbocycles. The zero-order valence-electron chi connectivity index (χ0n) is 11.1. The number of carbonyl (C=O) groups is 1. The van der Waals surface area contributed by atoms with Gasteiger partial charge in [0, 0.05) is 19.0 Å². The normalized spacial score (nSPS) is 18.5. The molecular weight excluding hydrogens is 264 g/mol. The molecule has 2 rings (SSSR count). The van der Waals surface area contributed by atoms with E-state index in [0.29, 0.717) is 23.8 Å². The van der Waals surface area contributed by atoms with E-state index in [2.05, 4.69) is 15.6 Å². The molecule has 1 unspecified atom stereocenters. The van der Waals surface area contributed by atoms with Crippen LogP contribution < -0.4 is 16.4 Å². The summed E-state index contributed by atoms with van der Waals surface area (Å²) in [4.78, 5) is 15.8. The smallest absolute Gasteiger partial charge is 0.166 e. The number of anilines is 2. The van der Waals surface area contributed by atoms with E-state index < -0.39 is 0 Å². The van der Waals surface area contributed by atoms with Crippen molar-refractivity contribution in [1.29, 1.82) is 0 Å². The lowest BCUT2D eigenvalue weighted by atomic mass is 10.1. The Kier molecular flexibility index (Phi) is 6.05. The molecule has 1 aliphatic rings. The van der Waals surface area contributed by atoms with E-state index in [0.717, 1.165) is 25.3 Å². The van der Waals surface area contributed by atoms with Crippen molar-refractivity contribution >= 4 is 29.8 Å². The molecule has 0 aliphatic carbocycles. The maximum atomic E-state index is 11.6. The maximum Gasteiger partial charge on any atom is 0.166 e. The van der Waals surface area contributed by atoms with Gasteiger partial charge in [0.15, 0.2) is 5.78 Å². The fourth-order valence-corrected chi connectivity index (χ4v) is 2.17. The third kappa shape index (κ3) is 4.08. The van der Waals surface area contributed by atoms with Gasteiger partial charge in [0.1, 0.15) is 11.6 Å². The van der Waals surface area contributed by atoms with Gasteiger partial charge in [0.2, 0.25) is 0 Å². The molecule has 1 saturated heterocycles. The number of halogens is 1. The molecule has 4 N–H and O–H groups in total. The van der Waals surface area contributed by atoms with Crippen molar-refractivity contribution in [2.24, 2.45) is 0 Å². The summed E-state index contributed by atoms with van der Waals surface area (Å²) in [6, 6.07) is 3.97. The summed E-state index contributed by atoms with van der Waals surface area (Å²) in [5.41, 5.74) is 6.33. The summed E-state index contributed by atoms with van der Waals surface area (Å²) < 4.78 is 0. The summed E-state index contributed by atoms with van der Waals surface area (Å²) >= 11 is 0. The minimum absolute atomic E-state index is 0. The fourth-order valence-electron chi connectivity index (χ4n) is 2.17. The summed E-state index contributed by atoms with van der Waals surface area (Å²) in [5.74, 6) is 1.09. The Morgan fingerprint density at radius 2 is 2.37 bits per heavy atom. The molecule has 0 amide bonds. The lowest BCUT2D eigenvalue weighted by Gasteiger charge is -2.24. The molecular formula is C13H21ClN4O. The van der Waals surface area contributed by atoms with Crippen molar-refractivity contribution in [3.63, 3.8) is 0 Å². The average molecular weight is 285 g/mol. The number of hydrogen-bond acceptors (Lipinski definition) is 5. The van der Waals surface area contributed by atoms with Gasteiger partial charge < -0.3 is 16.4 Å². The molecule has 0 bridgehead atoms. The Bertz CT molecular complexity index is 433. The van der Waals surface area contributed by atoms with Crippen LogP contribution in [0.15, 0.2) is 12.1 Å². The molecule has 1 aromatic heterocycles. The Labute approximate surface area is 119 Å². The Morgan fingerprint density at radius 1 is 1.58 bits per heavy atom. The van der Waals surface area contributed by atoms with Gasteiger partial charge in [-0.25, -0.2) is 4.98 Å². The van der Waals surface area contributed by atoms with E-state index in [1.165, 1.54) is 6.42 Å². The first-order chi connectivity index (χ1) is 8.70. The Morgan fingerprint density at radius 3 is 2.95 bits per heavy atom. The van der Waals surface area contributed by atoms with E-state index in [1.807, 2.05) is 13.0 Å². The van der Waals surface area contributed by atoms with Crippen LogP contribution in [0.2, 0.25) is 0 Å². The zero-order valence-corrected chi connectivity index (χ0v) is 11.9. The monoisotopic (exact) mass is 284 g/mol. The highest BCUT2D eigenvalue weighted by atomic mass is 35.5. The Hall–Kier alpha value is -1.33. The molecule has 0 radical (unpaired) electrons. The number of hydrogen-bond donors (Lipinski definition) is 3. The quantitative estimate of drug-likeness (QED) is 0.735. The highest BCUT2D eigenvalue weighted by Crippen LogP contribution is 2.17. The number of carbonyl (C=O) groups excluding carboxylic acids is 1. The van der Waals surface area contributed by atoms with E-state index in [4.69, 9.17) is 5.73 Å². The molecule has 1 aliphatic heterocycles. The van der Waals surface area contributed by atoms with Crippen molar-refractivity contribution in [2.45, 2.75) is 32.2 Å². The second-order valence-corrected chi connectivity index (χ2v) is 4.59. The van der Waals surface area contributed by atoms with E-state index in [1.54, 1.807) is 6.07 Å². The van der Waals surface area contributed by atoms with Crippen molar-refractivity contribution < 1.29 is 4.79 Å². The topological polar surface area (TPSA) is 80.0 Å². The van der Waals surface area contributed by atoms with Crippen LogP contribution in [0.5, 0.6) is 0 Å². The molecule has 0 spiro atoms. The average Bonchev–Trinajstić information content (AvgIpc) is 2.39. The van der Waals surface area contributed by atoms with Gasteiger partial charge in [0.05, 0.1) is 5.56 Å². The highest BCUT2D eigenvalue weighted by molar-refractivity contribution is 6.00. The van der Waals surface area contributed by atoms with Crippen LogP contribution in [-0.2, 0) is 0 Å². The number of pyridine rings is 1.